The third kappa shape index (κ3) is 6.46. The molecule has 7 nitrogen and oxygen atoms in total. The van der Waals surface area contributed by atoms with Crippen molar-refractivity contribution in [2.24, 2.45) is 11.8 Å². The summed E-state index contributed by atoms with van der Waals surface area (Å²) in [6.07, 6.45) is 0.754. The van der Waals surface area contributed by atoms with E-state index in [2.05, 4.69) is 31.3 Å². The number of carbonyl (C=O) groups excluding carboxylic acids is 2. The van der Waals surface area contributed by atoms with Crippen LogP contribution in [0.2, 0.25) is 0 Å². The third-order valence-electron chi connectivity index (χ3n) is 6.17. The van der Waals surface area contributed by atoms with E-state index in [0.717, 1.165) is 5.56 Å². The number of carbonyl (C=O) groups is 2. The summed E-state index contributed by atoms with van der Waals surface area (Å²) in [4.78, 5) is 25.0. The van der Waals surface area contributed by atoms with Gasteiger partial charge < -0.3 is 10.1 Å². The predicted molar refractivity (Wildman–Crippen MR) is 133 cm³/mol. The first-order chi connectivity index (χ1) is 16.1. The lowest BCUT2D eigenvalue weighted by Crippen LogP contribution is -2.41. The summed E-state index contributed by atoms with van der Waals surface area (Å²) in [6.45, 7) is 8.51. The number of hydrogen-bond acceptors (Lipinski definition) is 6. The second kappa shape index (κ2) is 11.5. The van der Waals surface area contributed by atoms with Crippen LogP contribution >= 0.6 is 11.3 Å². The zero-order valence-corrected chi connectivity index (χ0v) is 21.8. The standard InChI is InChI=1S/C25H34N2O5S2/c1-17(2)19-7-9-20(10-8-19)24(18(3)4)26-22(28)16-32-25(29)21-11-13-27(14-12-21)34(30,31)23-6-5-15-33-23/h5-10,15,17-18,21,24H,11-14,16H2,1-4H3,(H,26,28)/t24-/m0/s1. The van der Waals surface area contributed by atoms with Crippen molar-refractivity contribution in [3.8, 4) is 0 Å². The van der Waals surface area contributed by atoms with Gasteiger partial charge in [-0.3, -0.25) is 9.59 Å². The van der Waals surface area contributed by atoms with E-state index in [9.17, 15) is 18.0 Å². The van der Waals surface area contributed by atoms with Crippen LogP contribution in [0.15, 0.2) is 46.0 Å². The minimum absolute atomic E-state index is 0.166. The minimum atomic E-state index is -3.51. The molecule has 1 atom stereocenters. The Balaban J connectivity index is 1.49. The Labute approximate surface area is 206 Å². The molecular formula is C25H34N2O5S2. The number of rotatable bonds is 9. The molecule has 1 N–H and O–H groups in total. The SMILES string of the molecule is CC(C)c1ccc([C@@H](NC(=O)COC(=O)C2CCN(S(=O)(=O)c3cccs3)CC2)C(C)C)cc1. The molecular weight excluding hydrogens is 472 g/mol. The number of amides is 1. The average Bonchev–Trinajstić information content (AvgIpc) is 3.37. The molecule has 0 unspecified atom stereocenters. The summed E-state index contributed by atoms with van der Waals surface area (Å²) in [5.41, 5.74) is 2.25. The smallest absolute Gasteiger partial charge is 0.309 e. The van der Waals surface area contributed by atoms with Crippen LogP contribution in [-0.2, 0) is 24.3 Å². The maximum atomic E-state index is 12.6. The number of benzene rings is 1. The highest BCUT2D eigenvalue weighted by Crippen LogP contribution is 2.27. The van der Waals surface area contributed by atoms with Crippen LogP contribution in [0.5, 0.6) is 0 Å². The van der Waals surface area contributed by atoms with Gasteiger partial charge in [0.1, 0.15) is 4.21 Å². The number of ether oxygens (including phenoxy) is 1. The van der Waals surface area contributed by atoms with Gasteiger partial charge in [-0.25, -0.2) is 8.42 Å². The van der Waals surface area contributed by atoms with Crippen LogP contribution in [0.3, 0.4) is 0 Å². The molecule has 9 heteroatoms. The van der Waals surface area contributed by atoms with Gasteiger partial charge >= 0.3 is 5.97 Å². The molecule has 0 saturated carbocycles. The zero-order chi connectivity index (χ0) is 24.9. The van der Waals surface area contributed by atoms with E-state index in [1.165, 1.54) is 21.2 Å². The lowest BCUT2D eigenvalue weighted by Gasteiger charge is -2.29. The molecule has 1 aromatic carbocycles. The van der Waals surface area contributed by atoms with E-state index in [0.29, 0.717) is 23.0 Å². The first kappa shape index (κ1) is 26.4. The van der Waals surface area contributed by atoms with E-state index < -0.39 is 21.9 Å². The van der Waals surface area contributed by atoms with Crippen molar-refractivity contribution in [1.29, 1.82) is 0 Å². The van der Waals surface area contributed by atoms with Crippen molar-refractivity contribution in [3.63, 3.8) is 0 Å². The quantitative estimate of drug-likeness (QED) is 0.511. The van der Waals surface area contributed by atoms with Crippen LogP contribution in [0.4, 0.5) is 0 Å². The number of sulfonamides is 1. The van der Waals surface area contributed by atoms with Crippen LogP contribution < -0.4 is 5.32 Å². The number of esters is 1. The predicted octanol–water partition coefficient (Wildman–Crippen LogP) is 4.33. The summed E-state index contributed by atoms with van der Waals surface area (Å²) in [6, 6.07) is 11.3. The van der Waals surface area contributed by atoms with Crippen LogP contribution in [0.25, 0.3) is 0 Å². The highest BCUT2D eigenvalue weighted by molar-refractivity contribution is 7.91. The van der Waals surface area contributed by atoms with E-state index in [4.69, 9.17) is 4.74 Å². The van der Waals surface area contributed by atoms with Gasteiger partial charge in [0.15, 0.2) is 6.61 Å². The molecule has 1 aromatic heterocycles. The van der Waals surface area contributed by atoms with Gasteiger partial charge in [0.05, 0.1) is 12.0 Å². The molecule has 2 heterocycles. The van der Waals surface area contributed by atoms with Gasteiger partial charge in [-0.05, 0) is 47.3 Å². The number of piperidine rings is 1. The molecule has 0 spiro atoms. The molecule has 0 radical (unpaired) electrons. The molecule has 2 aromatic rings. The molecule has 3 rings (SSSR count). The number of thiophene rings is 1. The maximum absolute atomic E-state index is 12.6. The second-order valence-electron chi connectivity index (χ2n) is 9.33. The van der Waals surface area contributed by atoms with Gasteiger partial charge in [-0.2, -0.15) is 4.31 Å². The highest BCUT2D eigenvalue weighted by Gasteiger charge is 2.33. The lowest BCUT2D eigenvalue weighted by atomic mass is 9.93. The first-order valence-corrected chi connectivity index (χ1v) is 14.0. The summed E-state index contributed by atoms with van der Waals surface area (Å²) in [7, 11) is -3.51. The third-order valence-corrected chi connectivity index (χ3v) is 9.44. The molecule has 1 fully saturated rings. The first-order valence-electron chi connectivity index (χ1n) is 11.7. The average molecular weight is 507 g/mol. The number of hydrogen-bond donors (Lipinski definition) is 1. The maximum Gasteiger partial charge on any atom is 0.309 e. The Morgan fingerprint density at radius 1 is 1.06 bits per heavy atom. The van der Waals surface area contributed by atoms with Gasteiger partial charge in [0.25, 0.3) is 15.9 Å². The van der Waals surface area contributed by atoms with Crippen molar-refractivity contribution in [2.75, 3.05) is 19.7 Å². The Morgan fingerprint density at radius 3 is 2.21 bits per heavy atom. The topological polar surface area (TPSA) is 92.8 Å². The van der Waals surface area contributed by atoms with Crippen LogP contribution in [0.1, 0.15) is 63.6 Å². The fraction of sp³-hybridized carbons (Fsp3) is 0.520. The molecule has 34 heavy (non-hydrogen) atoms. The van der Waals surface area contributed by atoms with Gasteiger partial charge in [-0.1, -0.05) is 58.0 Å². The fourth-order valence-electron chi connectivity index (χ4n) is 4.06. The van der Waals surface area contributed by atoms with Gasteiger partial charge in [0, 0.05) is 13.1 Å². The van der Waals surface area contributed by atoms with Crippen LogP contribution in [-0.4, -0.2) is 44.3 Å². The molecule has 0 bridgehead atoms. The normalized spacial score (nSPS) is 16.5. The van der Waals surface area contributed by atoms with Crippen molar-refractivity contribution in [3.05, 3.63) is 52.9 Å². The number of nitrogens with zero attached hydrogens (tertiary/aromatic N) is 1. The Kier molecular flexibility index (Phi) is 8.89. The van der Waals surface area contributed by atoms with E-state index in [-0.39, 0.29) is 37.6 Å². The second-order valence-corrected chi connectivity index (χ2v) is 12.4. The highest BCUT2D eigenvalue weighted by atomic mass is 32.2. The van der Waals surface area contributed by atoms with Crippen molar-refractivity contribution >= 4 is 33.2 Å². The zero-order valence-electron chi connectivity index (χ0n) is 20.2. The summed E-state index contributed by atoms with van der Waals surface area (Å²) >= 11 is 1.18. The van der Waals surface area contributed by atoms with E-state index >= 15 is 0 Å². The van der Waals surface area contributed by atoms with E-state index in [1.807, 2.05) is 26.0 Å². The molecule has 1 aliphatic rings. The molecule has 1 aliphatic heterocycles. The van der Waals surface area contributed by atoms with Gasteiger partial charge in [-0.15, -0.1) is 11.3 Å². The Hall–Kier alpha value is -2.23. The summed E-state index contributed by atoms with van der Waals surface area (Å²) in [5, 5.41) is 4.71. The molecule has 1 amide bonds. The fourth-order valence-corrected chi connectivity index (χ4v) is 6.68. The molecule has 186 valence electrons. The monoisotopic (exact) mass is 506 g/mol. The lowest BCUT2D eigenvalue weighted by molar-refractivity contribution is -0.154. The summed E-state index contributed by atoms with van der Waals surface area (Å²) in [5.74, 6) is -0.613. The van der Waals surface area contributed by atoms with E-state index in [1.54, 1.807) is 17.5 Å². The number of nitrogens with one attached hydrogen (secondary N) is 1. The molecule has 0 aliphatic carbocycles. The molecule has 1 saturated heterocycles. The van der Waals surface area contributed by atoms with Crippen LogP contribution in [0, 0.1) is 11.8 Å². The summed E-state index contributed by atoms with van der Waals surface area (Å²) < 4.78 is 32.3. The van der Waals surface area contributed by atoms with Crippen molar-refractivity contribution < 1.29 is 22.7 Å². The minimum Gasteiger partial charge on any atom is -0.455 e. The largest absolute Gasteiger partial charge is 0.455 e. The van der Waals surface area contributed by atoms with Crippen molar-refractivity contribution in [2.45, 2.75) is 56.7 Å². The Bertz CT molecular complexity index is 1060. The van der Waals surface area contributed by atoms with Crippen molar-refractivity contribution in [1.82, 2.24) is 9.62 Å². The van der Waals surface area contributed by atoms with Gasteiger partial charge in [0.2, 0.25) is 0 Å². The Morgan fingerprint density at radius 2 is 1.68 bits per heavy atom.